The zero-order chi connectivity index (χ0) is 30.9. The summed E-state index contributed by atoms with van der Waals surface area (Å²) in [5.41, 5.74) is 7.31. The summed E-state index contributed by atoms with van der Waals surface area (Å²) in [5, 5.41) is 9.32. The molecule has 10 aromatic rings. The van der Waals surface area contributed by atoms with Gasteiger partial charge in [-0.2, -0.15) is 0 Å². The number of hydrogen-bond donors (Lipinski definition) is 0. The van der Waals surface area contributed by atoms with Gasteiger partial charge in [0, 0.05) is 39.2 Å². The molecule has 0 fully saturated rings. The third-order valence-electron chi connectivity index (χ3n) is 9.25. The van der Waals surface area contributed by atoms with Crippen LogP contribution in [-0.2, 0) is 0 Å². The van der Waals surface area contributed by atoms with E-state index in [1.54, 1.807) is 0 Å². The van der Waals surface area contributed by atoms with Crippen molar-refractivity contribution in [2.75, 3.05) is 4.90 Å². The van der Waals surface area contributed by atoms with Crippen LogP contribution in [0.2, 0.25) is 0 Å². The molecule has 4 nitrogen and oxygen atoms in total. The molecule has 2 aromatic heterocycles. The van der Waals surface area contributed by atoms with Crippen molar-refractivity contribution >= 4 is 82.4 Å². The second-order valence-corrected chi connectivity index (χ2v) is 11.9. The Morgan fingerprint density at radius 2 is 1.17 bits per heavy atom. The van der Waals surface area contributed by atoms with Gasteiger partial charge in [-0.25, -0.2) is 4.98 Å². The number of nitrogens with zero attached hydrogens (tertiary/aromatic N) is 2. The Kier molecular flexibility index (Phi) is 5.54. The highest BCUT2D eigenvalue weighted by Gasteiger charge is 2.22. The molecular weight excluding hydrogens is 576 g/mol. The zero-order valence-electron chi connectivity index (χ0n) is 25.2. The summed E-state index contributed by atoms with van der Waals surface area (Å²) < 4.78 is 12.8. The quantitative estimate of drug-likeness (QED) is 0.188. The van der Waals surface area contributed by atoms with Crippen LogP contribution < -0.4 is 4.90 Å². The molecule has 0 N–H and O–H groups in total. The van der Waals surface area contributed by atoms with Gasteiger partial charge in [-0.05, 0) is 81.5 Å². The van der Waals surface area contributed by atoms with E-state index in [2.05, 4.69) is 126 Å². The topological polar surface area (TPSA) is 42.4 Å². The molecule has 0 saturated carbocycles. The van der Waals surface area contributed by atoms with Crippen LogP contribution in [0.15, 0.2) is 167 Å². The molecule has 10 rings (SSSR count). The molecule has 0 radical (unpaired) electrons. The number of fused-ring (bicyclic) bond motifs is 9. The molecular formula is C43H26N2O2. The predicted octanol–water partition coefficient (Wildman–Crippen LogP) is 12.3. The second kappa shape index (κ2) is 10.1. The van der Waals surface area contributed by atoms with Crippen molar-refractivity contribution in [3.8, 4) is 11.5 Å². The fraction of sp³-hybridized carbons (Fsp3) is 0. The van der Waals surface area contributed by atoms with Crippen molar-refractivity contribution in [3.63, 3.8) is 0 Å². The second-order valence-electron chi connectivity index (χ2n) is 11.9. The average Bonchev–Trinajstić information content (AvgIpc) is 3.73. The van der Waals surface area contributed by atoms with E-state index < -0.39 is 0 Å². The van der Waals surface area contributed by atoms with Crippen molar-refractivity contribution in [1.29, 1.82) is 0 Å². The zero-order valence-corrected chi connectivity index (χ0v) is 25.2. The molecule has 0 atom stereocenters. The SMILES string of the molecule is c1ccc(N(c2ccc3c(c2)oc2cccc(-c4nc5ccccc5o4)c23)c2cc3ccccc3c3ccc4ccccc4c23)cc1. The van der Waals surface area contributed by atoms with Gasteiger partial charge in [0.05, 0.1) is 5.69 Å². The maximum absolute atomic E-state index is 6.58. The first-order chi connectivity index (χ1) is 23.3. The summed E-state index contributed by atoms with van der Waals surface area (Å²) in [4.78, 5) is 7.16. The molecule has 0 saturated heterocycles. The Hall–Kier alpha value is -6.39. The normalized spacial score (nSPS) is 11.8. The van der Waals surface area contributed by atoms with E-state index in [1.807, 2.05) is 36.4 Å². The fourth-order valence-electron chi connectivity index (χ4n) is 7.16. The Balaban J connectivity index is 1.25. The largest absolute Gasteiger partial charge is 0.456 e. The highest BCUT2D eigenvalue weighted by Crippen LogP contribution is 2.46. The van der Waals surface area contributed by atoms with Gasteiger partial charge in [-0.1, -0.05) is 97.1 Å². The van der Waals surface area contributed by atoms with Gasteiger partial charge in [0.15, 0.2) is 5.58 Å². The van der Waals surface area contributed by atoms with Gasteiger partial charge >= 0.3 is 0 Å². The van der Waals surface area contributed by atoms with Crippen LogP contribution in [0.5, 0.6) is 0 Å². The molecule has 0 unspecified atom stereocenters. The first kappa shape index (κ1) is 25.9. The van der Waals surface area contributed by atoms with Crippen molar-refractivity contribution in [2.24, 2.45) is 0 Å². The lowest BCUT2D eigenvalue weighted by atomic mass is 9.94. The number of rotatable bonds is 4. The minimum absolute atomic E-state index is 0.587. The molecule has 4 heteroatoms. The van der Waals surface area contributed by atoms with Gasteiger partial charge in [0.25, 0.3) is 0 Å². The van der Waals surface area contributed by atoms with Crippen LogP contribution >= 0.6 is 0 Å². The summed E-state index contributed by atoms with van der Waals surface area (Å²) >= 11 is 0. The van der Waals surface area contributed by atoms with Gasteiger partial charge in [-0.3, -0.25) is 0 Å². The summed E-state index contributed by atoms with van der Waals surface area (Å²) in [6.45, 7) is 0. The number of aromatic nitrogens is 1. The smallest absolute Gasteiger partial charge is 0.228 e. The highest BCUT2D eigenvalue weighted by atomic mass is 16.3. The van der Waals surface area contributed by atoms with Crippen LogP contribution in [0.1, 0.15) is 0 Å². The Bertz CT molecular complexity index is 2780. The first-order valence-corrected chi connectivity index (χ1v) is 15.8. The molecule has 0 spiro atoms. The van der Waals surface area contributed by atoms with E-state index >= 15 is 0 Å². The lowest BCUT2D eigenvalue weighted by molar-refractivity contribution is 0.620. The van der Waals surface area contributed by atoms with Crippen molar-refractivity contribution in [1.82, 2.24) is 4.98 Å². The molecule has 220 valence electrons. The molecule has 0 aliphatic heterocycles. The number of anilines is 3. The number of furan rings is 1. The fourth-order valence-corrected chi connectivity index (χ4v) is 7.16. The van der Waals surface area contributed by atoms with Crippen molar-refractivity contribution < 1.29 is 8.83 Å². The standard InChI is InChI=1S/C43H26N2O2/c1-2-13-29(14-3-1)45(37-25-28-12-5-6-15-31(28)33-23-21-27-11-4-7-16-32(27)41(33)37)30-22-24-34-40(26-30)46-39-20-10-17-35(42(34)39)43-44-36-18-8-9-19-38(36)47-43/h1-26H. The molecule has 0 aliphatic carbocycles. The van der Waals surface area contributed by atoms with Crippen LogP contribution in [0.25, 0.3) is 76.8 Å². The number of benzene rings is 8. The average molecular weight is 603 g/mol. The Labute approximate surface area is 269 Å². The molecule has 0 aliphatic rings. The van der Waals surface area contributed by atoms with Crippen molar-refractivity contribution in [3.05, 3.63) is 158 Å². The third-order valence-corrected chi connectivity index (χ3v) is 9.25. The van der Waals surface area contributed by atoms with Crippen LogP contribution in [0.4, 0.5) is 17.1 Å². The molecule has 0 amide bonds. The van der Waals surface area contributed by atoms with E-state index in [-0.39, 0.29) is 0 Å². The summed E-state index contributed by atoms with van der Waals surface area (Å²) in [6, 6.07) is 55.2. The lowest BCUT2D eigenvalue weighted by Gasteiger charge is -2.28. The summed E-state index contributed by atoms with van der Waals surface area (Å²) in [5.74, 6) is 0.587. The summed E-state index contributed by atoms with van der Waals surface area (Å²) in [7, 11) is 0. The van der Waals surface area contributed by atoms with Crippen molar-refractivity contribution in [2.45, 2.75) is 0 Å². The van der Waals surface area contributed by atoms with Crippen LogP contribution in [0, 0.1) is 0 Å². The van der Waals surface area contributed by atoms with Gasteiger partial charge < -0.3 is 13.7 Å². The number of hydrogen-bond acceptors (Lipinski definition) is 4. The first-order valence-electron chi connectivity index (χ1n) is 15.8. The van der Waals surface area contributed by atoms with E-state index in [0.29, 0.717) is 5.89 Å². The lowest BCUT2D eigenvalue weighted by Crippen LogP contribution is -2.10. The molecule has 8 aromatic carbocycles. The van der Waals surface area contributed by atoms with E-state index in [1.165, 1.54) is 32.3 Å². The maximum atomic E-state index is 6.58. The van der Waals surface area contributed by atoms with Crippen LogP contribution in [0.3, 0.4) is 0 Å². The minimum atomic E-state index is 0.587. The number of oxazole rings is 1. The Morgan fingerprint density at radius 1 is 0.426 bits per heavy atom. The predicted molar refractivity (Wildman–Crippen MR) is 194 cm³/mol. The highest BCUT2D eigenvalue weighted by molar-refractivity contribution is 6.24. The molecule has 0 bridgehead atoms. The van der Waals surface area contributed by atoms with Gasteiger partial charge in [0.1, 0.15) is 16.7 Å². The Morgan fingerprint density at radius 3 is 2.06 bits per heavy atom. The van der Waals surface area contributed by atoms with Gasteiger partial charge in [-0.15, -0.1) is 0 Å². The van der Waals surface area contributed by atoms with Gasteiger partial charge in [0.2, 0.25) is 5.89 Å². The minimum Gasteiger partial charge on any atom is -0.456 e. The van der Waals surface area contributed by atoms with E-state index in [0.717, 1.165) is 55.7 Å². The number of para-hydroxylation sites is 3. The maximum Gasteiger partial charge on any atom is 0.228 e. The molecule has 2 heterocycles. The van der Waals surface area contributed by atoms with Crippen LogP contribution in [-0.4, -0.2) is 4.98 Å². The third kappa shape index (κ3) is 3.98. The summed E-state index contributed by atoms with van der Waals surface area (Å²) in [6.07, 6.45) is 0. The monoisotopic (exact) mass is 602 g/mol. The molecule has 47 heavy (non-hydrogen) atoms. The van der Waals surface area contributed by atoms with E-state index in [4.69, 9.17) is 13.8 Å². The van der Waals surface area contributed by atoms with E-state index in [9.17, 15) is 0 Å².